The van der Waals surface area contributed by atoms with Crippen molar-refractivity contribution in [3.8, 4) is 5.75 Å². The Morgan fingerprint density at radius 1 is 1.27 bits per heavy atom. The Hall–Kier alpha value is -2.82. The number of hydrogen-bond donors (Lipinski definition) is 1. The van der Waals surface area contributed by atoms with Crippen LogP contribution in [-0.4, -0.2) is 17.6 Å². The van der Waals surface area contributed by atoms with Gasteiger partial charge in [-0.3, -0.25) is 9.59 Å². The van der Waals surface area contributed by atoms with E-state index >= 15 is 0 Å². The summed E-state index contributed by atoms with van der Waals surface area (Å²) in [6, 6.07) is 10.4. The van der Waals surface area contributed by atoms with Crippen LogP contribution in [0.15, 0.2) is 53.5 Å². The summed E-state index contributed by atoms with van der Waals surface area (Å²) < 4.78 is 6.75. The first-order valence-corrected chi connectivity index (χ1v) is 6.96. The zero-order chi connectivity index (χ0) is 15.9. The standard InChI is InChI=1S/C17H18N2O3/c1-3-19-12-14(9-11-17(19)21)18-16(20)10-8-13-6-4-5-7-15(13)22-2/h4-12H,3H2,1-2H3,(H,18,20)/b10-8+. The van der Waals surface area contributed by atoms with Crippen LogP contribution < -0.4 is 15.6 Å². The predicted octanol–water partition coefficient (Wildman–Crippen LogP) is 2.53. The van der Waals surface area contributed by atoms with E-state index in [-0.39, 0.29) is 11.5 Å². The van der Waals surface area contributed by atoms with Gasteiger partial charge in [-0.05, 0) is 25.1 Å². The summed E-state index contributed by atoms with van der Waals surface area (Å²) in [6.45, 7) is 2.42. The van der Waals surface area contributed by atoms with E-state index in [9.17, 15) is 9.59 Å². The average molecular weight is 298 g/mol. The Labute approximate surface area is 128 Å². The summed E-state index contributed by atoms with van der Waals surface area (Å²) in [4.78, 5) is 23.4. The van der Waals surface area contributed by atoms with Gasteiger partial charge in [0.05, 0.1) is 12.8 Å². The van der Waals surface area contributed by atoms with Gasteiger partial charge in [0, 0.05) is 30.4 Å². The summed E-state index contributed by atoms with van der Waals surface area (Å²) >= 11 is 0. The van der Waals surface area contributed by atoms with E-state index in [0.29, 0.717) is 18.0 Å². The van der Waals surface area contributed by atoms with Crippen LogP contribution in [0.3, 0.4) is 0 Å². The van der Waals surface area contributed by atoms with Crippen molar-refractivity contribution in [2.24, 2.45) is 0 Å². The molecule has 0 fully saturated rings. The third kappa shape index (κ3) is 3.85. The number of carbonyl (C=O) groups is 1. The van der Waals surface area contributed by atoms with Gasteiger partial charge in [-0.2, -0.15) is 0 Å². The number of aryl methyl sites for hydroxylation is 1. The van der Waals surface area contributed by atoms with Crippen molar-refractivity contribution in [3.63, 3.8) is 0 Å². The molecule has 1 aromatic heterocycles. The minimum Gasteiger partial charge on any atom is -0.496 e. The lowest BCUT2D eigenvalue weighted by atomic mass is 10.2. The molecule has 0 unspecified atom stereocenters. The van der Waals surface area contributed by atoms with Gasteiger partial charge in [0.1, 0.15) is 5.75 Å². The van der Waals surface area contributed by atoms with E-state index in [4.69, 9.17) is 4.74 Å². The summed E-state index contributed by atoms with van der Waals surface area (Å²) in [5.74, 6) is 0.429. The maximum absolute atomic E-state index is 11.9. The largest absolute Gasteiger partial charge is 0.496 e. The molecule has 0 spiro atoms. The summed E-state index contributed by atoms with van der Waals surface area (Å²) in [5, 5.41) is 2.73. The smallest absolute Gasteiger partial charge is 0.250 e. The lowest BCUT2D eigenvalue weighted by molar-refractivity contribution is -0.111. The maximum atomic E-state index is 11.9. The molecule has 1 aromatic carbocycles. The van der Waals surface area contributed by atoms with Gasteiger partial charge in [-0.25, -0.2) is 0 Å². The number of hydrogen-bond acceptors (Lipinski definition) is 3. The van der Waals surface area contributed by atoms with E-state index in [1.807, 2.05) is 31.2 Å². The molecule has 0 saturated carbocycles. The number of aromatic nitrogens is 1. The second-order valence-corrected chi connectivity index (χ2v) is 4.61. The fourth-order valence-electron chi connectivity index (χ4n) is 2.01. The number of methoxy groups -OCH3 is 1. The number of nitrogens with one attached hydrogen (secondary N) is 1. The van der Waals surface area contributed by atoms with Crippen LogP contribution in [0.1, 0.15) is 12.5 Å². The Balaban J connectivity index is 2.10. The highest BCUT2D eigenvalue weighted by Gasteiger charge is 2.02. The Kier molecular flexibility index (Phi) is 5.14. The number of para-hydroxylation sites is 1. The van der Waals surface area contributed by atoms with Gasteiger partial charge >= 0.3 is 0 Å². The molecule has 5 heteroatoms. The minimum absolute atomic E-state index is 0.0925. The Morgan fingerprint density at radius 3 is 2.77 bits per heavy atom. The van der Waals surface area contributed by atoms with Crippen molar-refractivity contribution in [3.05, 3.63) is 64.6 Å². The quantitative estimate of drug-likeness (QED) is 0.863. The van der Waals surface area contributed by atoms with Crippen LogP contribution in [0, 0.1) is 0 Å². The fraction of sp³-hybridized carbons (Fsp3) is 0.176. The Morgan fingerprint density at radius 2 is 2.05 bits per heavy atom. The lowest BCUT2D eigenvalue weighted by Crippen LogP contribution is -2.19. The fourth-order valence-corrected chi connectivity index (χ4v) is 2.01. The van der Waals surface area contributed by atoms with Gasteiger partial charge in [-0.1, -0.05) is 18.2 Å². The van der Waals surface area contributed by atoms with E-state index in [0.717, 1.165) is 5.56 Å². The van der Waals surface area contributed by atoms with Gasteiger partial charge in [0.15, 0.2) is 0 Å². The first-order chi connectivity index (χ1) is 10.6. The molecule has 0 bridgehead atoms. The van der Waals surface area contributed by atoms with Crippen LogP contribution in [0.25, 0.3) is 6.08 Å². The number of nitrogens with zero attached hydrogens (tertiary/aromatic N) is 1. The molecule has 0 atom stereocenters. The molecule has 0 aliphatic carbocycles. The van der Waals surface area contributed by atoms with Crippen LogP contribution >= 0.6 is 0 Å². The van der Waals surface area contributed by atoms with Crippen LogP contribution in [-0.2, 0) is 11.3 Å². The zero-order valence-electron chi connectivity index (χ0n) is 12.6. The topological polar surface area (TPSA) is 60.3 Å². The third-order valence-corrected chi connectivity index (χ3v) is 3.14. The first-order valence-electron chi connectivity index (χ1n) is 6.96. The monoisotopic (exact) mass is 298 g/mol. The van der Waals surface area contributed by atoms with Crippen LogP contribution in [0.5, 0.6) is 5.75 Å². The maximum Gasteiger partial charge on any atom is 0.250 e. The molecule has 5 nitrogen and oxygen atoms in total. The van der Waals surface area contributed by atoms with Crippen molar-refractivity contribution in [2.45, 2.75) is 13.5 Å². The van der Waals surface area contributed by atoms with Crippen molar-refractivity contribution in [2.75, 3.05) is 12.4 Å². The molecule has 1 heterocycles. The predicted molar refractivity (Wildman–Crippen MR) is 87.0 cm³/mol. The molecule has 0 aliphatic heterocycles. The van der Waals surface area contributed by atoms with Gasteiger partial charge in [0.25, 0.3) is 5.56 Å². The van der Waals surface area contributed by atoms with Crippen molar-refractivity contribution in [1.29, 1.82) is 0 Å². The number of anilines is 1. The third-order valence-electron chi connectivity index (χ3n) is 3.14. The van der Waals surface area contributed by atoms with Gasteiger partial charge < -0.3 is 14.6 Å². The second-order valence-electron chi connectivity index (χ2n) is 4.61. The van der Waals surface area contributed by atoms with Crippen molar-refractivity contribution >= 4 is 17.7 Å². The molecule has 114 valence electrons. The highest BCUT2D eigenvalue weighted by Crippen LogP contribution is 2.18. The van der Waals surface area contributed by atoms with E-state index in [2.05, 4.69) is 5.32 Å². The summed E-state index contributed by atoms with van der Waals surface area (Å²) in [7, 11) is 1.58. The lowest BCUT2D eigenvalue weighted by Gasteiger charge is -2.06. The molecule has 1 amide bonds. The zero-order valence-corrected chi connectivity index (χ0v) is 12.6. The average Bonchev–Trinajstić information content (AvgIpc) is 2.55. The SMILES string of the molecule is CCn1cc(NC(=O)/C=C/c2ccccc2OC)ccc1=O. The number of carbonyl (C=O) groups excluding carboxylic acids is 1. The molecule has 22 heavy (non-hydrogen) atoms. The van der Waals surface area contributed by atoms with E-state index in [1.54, 1.807) is 25.4 Å². The molecule has 0 radical (unpaired) electrons. The van der Waals surface area contributed by atoms with Crippen LogP contribution in [0.2, 0.25) is 0 Å². The van der Waals surface area contributed by atoms with Crippen molar-refractivity contribution < 1.29 is 9.53 Å². The highest BCUT2D eigenvalue weighted by molar-refractivity contribution is 6.02. The molecule has 0 saturated heterocycles. The number of amides is 1. The molecular weight excluding hydrogens is 280 g/mol. The minimum atomic E-state index is -0.271. The molecule has 0 aliphatic rings. The van der Waals surface area contributed by atoms with Gasteiger partial charge in [0.2, 0.25) is 5.91 Å². The van der Waals surface area contributed by atoms with Crippen LogP contribution in [0.4, 0.5) is 5.69 Å². The second kappa shape index (κ2) is 7.26. The Bertz CT molecular complexity index is 748. The van der Waals surface area contributed by atoms with Gasteiger partial charge in [-0.15, -0.1) is 0 Å². The number of rotatable bonds is 5. The number of benzene rings is 1. The van der Waals surface area contributed by atoms with E-state index in [1.165, 1.54) is 16.7 Å². The van der Waals surface area contributed by atoms with E-state index < -0.39 is 0 Å². The van der Waals surface area contributed by atoms with Crippen molar-refractivity contribution in [1.82, 2.24) is 4.57 Å². The summed E-state index contributed by atoms with van der Waals surface area (Å²) in [5.41, 5.74) is 1.31. The number of pyridine rings is 1. The normalized spacial score (nSPS) is 10.6. The highest BCUT2D eigenvalue weighted by atomic mass is 16.5. The molecule has 2 aromatic rings. The molecular formula is C17H18N2O3. The summed E-state index contributed by atoms with van der Waals surface area (Å²) in [6.07, 6.45) is 4.74. The first kappa shape index (κ1) is 15.6. The number of ether oxygens (including phenoxy) is 1. The molecule has 2 rings (SSSR count). The molecule has 1 N–H and O–H groups in total.